The molecule has 2 amide bonds. The van der Waals surface area contributed by atoms with Gasteiger partial charge in [0.05, 0.1) is 24.0 Å². The molecule has 1 aromatic carbocycles. The highest BCUT2D eigenvalue weighted by molar-refractivity contribution is 8.03. The monoisotopic (exact) mass is 548 g/mol. The van der Waals surface area contributed by atoms with E-state index in [4.69, 9.17) is 17.2 Å². The zero-order chi connectivity index (χ0) is 27.8. The number of nitrogens with zero attached hydrogens (tertiary/aromatic N) is 2. The Morgan fingerprint density at radius 1 is 1.08 bits per heavy atom. The van der Waals surface area contributed by atoms with E-state index < -0.39 is 18.0 Å². The molecule has 0 radical (unpaired) electrons. The average molecular weight is 549 g/mol. The second-order valence-corrected chi connectivity index (χ2v) is 10.9. The van der Waals surface area contributed by atoms with Gasteiger partial charge in [0, 0.05) is 55.4 Å². The van der Waals surface area contributed by atoms with E-state index >= 15 is 0 Å². The number of pyridine rings is 1. The van der Waals surface area contributed by atoms with Gasteiger partial charge in [-0.25, -0.2) is 0 Å². The second-order valence-electron chi connectivity index (χ2n) is 9.80. The van der Waals surface area contributed by atoms with E-state index in [2.05, 4.69) is 27.9 Å². The van der Waals surface area contributed by atoms with Gasteiger partial charge in [0.25, 0.3) is 0 Å². The van der Waals surface area contributed by atoms with Crippen LogP contribution in [-0.4, -0.2) is 71.0 Å². The summed E-state index contributed by atoms with van der Waals surface area (Å²) in [7, 11) is 0. The Balaban J connectivity index is 1.48. The zero-order valence-corrected chi connectivity index (χ0v) is 22.7. The summed E-state index contributed by atoms with van der Waals surface area (Å²) in [4.78, 5) is 45.4. The third-order valence-electron chi connectivity index (χ3n) is 6.94. The number of carbonyl (C=O) groups excluding carboxylic acids is 3. The van der Waals surface area contributed by atoms with Crippen molar-refractivity contribution in [1.29, 1.82) is 0 Å². The lowest BCUT2D eigenvalue weighted by atomic mass is 9.87. The standard InChI is InChI=1S/C29H36N6O3S/c30-9-11-35(12-10-31)28(37)16-23(32)29(38)34-25(15-21-18-39-27-8-4-2-6-22(21)27)26(36)14-19-13-20-5-1-3-7-24(20)33-17-19/h1-8,13,17-18,22-23,25,27H,9-12,14-16,30-32H2,(H,34,38)/t22?,23-,25-,27?/m0/s1. The summed E-state index contributed by atoms with van der Waals surface area (Å²) in [5, 5.41) is 6.18. The van der Waals surface area contributed by atoms with E-state index in [0.717, 1.165) is 22.0 Å². The minimum absolute atomic E-state index is 0.113. The molecule has 1 aliphatic carbocycles. The maximum Gasteiger partial charge on any atom is 0.238 e. The van der Waals surface area contributed by atoms with E-state index in [1.54, 1.807) is 18.0 Å². The van der Waals surface area contributed by atoms with Crippen LogP contribution < -0.4 is 22.5 Å². The molecule has 39 heavy (non-hydrogen) atoms. The van der Waals surface area contributed by atoms with Gasteiger partial charge < -0.3 is 27.4 Å². The number of fused-ring (bicyclic) bond motifs is 2. The minimum Gasteiger partial charge on any atom is -0.345 e. The van der Waals surface area contributed by atoms with Crippen molar-refractivity contribution in [3.05, 3.63) is 77.4 Å². The highest BCUT2D eigenvalue weighted by Gasteiger charge is 2.33. The number of para-hydroxylation sites is 1. The number of hydrogen-bond donors (Lipinski definition) is 4. The van der Waals surface area contributed by atoms with Crippen LogP contribution >= 0.6 is 11.8 Å². The van der Waals surface area contributed by atoms with Crippen molar-refractivity contribution in [2.24, 2.45) is 23.1 Å². The Kier molecular flexibility index (Phi) is 10.0. The number of Topliss-reactive ketones (excluding diaryl/α,β-unsaturated/α-hetero) is 1. The van der Waals surface area contributed by atoms with Gasteiger partial charge in [-0.1, -0.05) is 48.1 Å². The number of aromatic nitrogens is 1. The predicted octanol–water partition coefficient (Wildman–Crippen LogP) is 1.43. The van der Waals surface area contributed by atoms with E-state index in [1.807, 2.05) is 42.5 Å². The highest BCUT2D eigenvalue weighted by atomic mass is 32.2. The van der Waals surface area contributed by atoms with Crippen molar-refractivity contribution >= 4 is 40.3 Å². The molecule has 0 saturated carbocycles. The van der Waals surface area contributed by atoms with Gasteiger partial charge in [-0.05, 0) is 29.5 Å². The third-order valence-corrected chi connectivity index (χ3v) is 8.14. The molecule has 1 aromatic heterocycles. The predicted molar refractivity (Wildman–Crippen MR) is 156 cm³/mol. The molecule has 206 valence electrons. The van der Waals surface area contributed by atoms with Gasteiger partial charge in [0.15, 0.2) is 5.78 Å². The molecule has 0 saturated heterocycles. The summed E-state index contributed by atoms with van der Waals surface area (Å²) in [5.41, 5.74) is 20.1. The largest absolute Gasteiger partial charge is 0.345 e. The number of amides is 2. The average Bonchev–Trinajstić information content (AvgIpc) is 3.35. The Morgan fingerprint density at radius 3 is 2.59 bits per heavy atom. The van der Waals surface area contributed by atoms with Crippen LogP contribution in [0.15, 0.2) is 71.8 Å². The van der Waals surface area contributed by atoms with Gasteiger partial charge in [-0.3, -0.25) is 19.4 Å². The number of benzene rings is 1. The molecular formula is C29H36N6O3S. The van der Waals surface area contributed by atoms with Crippen LogP contribution in [0, 0.1) is 5.92 Å². The van der Waals surface area contributed by atoms with E-state index in [9.17, 15) is 14.4 Å². The van der Waals surface area contributed by atoms with Gasteiger partial charge in [0.1, 0.15) is 0 Å². The van der Waals surface area contributed by atoms with E-state index in [1.165, 1.54) is 4.90 Å². The van der Waals surface area contributed by atoms with Crippen LogP contribution in [0.3, 0.4) is 0 Å². The van der Waals surface area contributed by atoms with Crippen LogP contribution in [0.1, 0.15) is 18.4 Å². The molecule has 0 bridgehead atoms. The highest BCUT2D eigenvalue weighted by Crippen LogP contribution is 2.41. The molecule has 4 atom stereocenters. The Hall–Kier alpha value is -3.31. The van der Waals surface area contributed by atoms with Gasteiger partial charge in [0.2, 0.25) is 11.8 Å². The molecule has 0 fully saturated rings. The Labute approximate surface area is 232 Å². The molecule has 2 aromatic rings. The number of allylic oxidation sites excluding steroid dienone is 3. The third kappa shape index (κ3) is 7.42. The Bertz CT molecular complexity index is 1290. The first-order valence-electron chi connectivity index (χ1n) is 13.2. The summed E-state index contributed by atoms with van der Waals surface area (Å²) in [6.45, 7) is 1.24. The maximum atomic E-state index is 13.6. The van der Waals surface area contributed by atoms with Crippen molar-refractivity contribution < 1.29 is 14.4 Å². The van der Waals surface area contributed by atoms with Crippen LogP contribution in [0.2, 0.25) is 0 Å². The van der Waals surface area contributed by atoms with Crippen molar-refractivity contribution in [2.75, 3.05) is 26.2 Å². The molecule has 2 unspecified atom stereocenters. The fourth-order valence-corrected chi connectivity index (χ4v) is 6.06. The van der Waals surface area contributed by atoms with Crippen LogP contribution in [0.5, 0.6) is 0 Å². The topological polar surface area (TPSA) is 157 Å². The molecule has 9 nitrogen and oxygen atoms in total. The number of ketones is 1. The van der Waals surface area contributed by atoms with Crippen LogP contribution in [0.25, 0.3) is 10.9 Å². The van der Waals surface area contributed by atoms with Crippen molar-refractivity contribution in [3.63, 3.8) is 0 Å². The molecule has 0 spiro atoms. The number of nitrogens with two attached hydrogens (primary N) is 3. The van der Waals surface area contributed by atoms with E-state index in [-0.39, 0.29) is 48.8 Å². The first kappa shape index (κ1) is 28.7. The van der Waals surface area contributed by atoms with Crippen molar-refractivity contribution in [2.45, 2.75) is 36.6 Å². The normalized spacial score (nSPS) is 19.3. The first-order chi connectivity index (χ1) is 18.9. The fourth-order valence-electron chi connectivity index (χ4n) is 4.86. The maximum absolute atomic E-state index is 13.6. The van der Waals surface area contributed by atoms with E-state index in [0.29, 0.717) is 19.5 Å². The summed E-state index contributed by atoms with van der Waals surface area (Å²) in [6.07, 6.45) is 10.3. The van der Waals surface area contributed by atoms with Crippen LogP contribution in [-0.2, 0) is 20.8 Å². The molecule has 4 rings (SSSR count). The van der Waals surface area contributed by atoms with Crippen molar-refractivity contribution in [1.82, 2.24) is 15.2 Å². The summed E-state index contributed by atoms with van der Waals surface area (Å²) < 4.78 is 0. The second kappa shape index (κ2) is 13.7. The fraction of sp³-hybridized carbons (Fsp3) is 0.379. The lowest BCUT2D eigenvalue weighted by Crippen LogP contribution is -2.51. The van der Waals surface area contributed by atoms with Crippen LogP contribution in [0.4, 0.5) is 0 Å². The first-order valence-corrected chi connectivity index (χ1v) is 14.1. The lowest BCUT2D eigenvalue weighted by molar-refractivity contribution is -0.134. The molecule has 7 N–H and O–H groups in total. The number of hydrogen-bond acceptors (Lipinski definition) is 8. The summed E-state index contributed by atoms with van der Waals surface area (Å²) >= 11 is 1.71. The molecule has 1 aliphatic heterocycles. The molecular weight excluding hydrogens is 512 g/mol. The van der Waals surface area contributed by atoms with Gasteiger partial charge in [-0.15, -0.1) is 11.8 Å². The van der Waals surface area contributed by atoms with Gasteiger partial charge >= 0.3 is 0 Å². The molecule has 10 heteroatoms. The van der Waals surface area contributed by atoms with Crippen molar-refractivity contribution in [3.8, 4) is 0 Å². The number of thioether (sulfide) groups is 1. The number of nitrogens with one attached hydrogen (secondary N) is 1. The SMILES string of the molecule is NCCN(CCN)C(=O)C[C@H](N)C(=O)N[C@@H](CC1=CSC2C=CC=CC12)C(=O)Cc1cnc2ccccc2c1. The lowest BCUT2D eigenvalue weighted by Gasteiger charge is -2.25. The summed E-state index contributed by atoms with van der Waals surface area (Å²) in [5.74, 6) is -0.807. The molecule has 2 heterocycles. The van der Waals surface area contributed by atoms with Gasteiger partial charge in [-0.2, -0.15) is 0 Å². The number of carbonyl (C=O) groups is 3. The Morgan fingerprint density at radius 2 is 1.82 bits per heavy atom. The smallest absolute Gasteiger partial charge is 0.238 e. The summed E-state index contributed by atoms with van der Waals surface area (Å²) in [6, 6.07) is 7.76. The number of rotatable bonds is 13. The zero-order valence-electron chi connectivity index (χ0n) is 21.9. The molecule has 2 aliphatic rings. The quantitative estimate of drug-likeness (QED) is 0.293. The minimum atomic E-state index is -1.11.